The molecule has 1 fully saturated rings. The Labute approximate surface area is 498 Å². The summed E-state index contributed by atoms with van der Waals surface area (Å²) in [4.78, 5) is 35.4. The molecule has 1 atom stereocenters. The monoisotopic (exact) mass is 1300 g/mol. The van der Waals surface area contributed by atoms with Crippen LogP contribution in [-0.2, 0) is 74.5 Å². The molecule has 87 heavy (non-hydrogen) atoms. The van der Waals surface area contributed by atoms with Gasteiger partial charge in [-0.05, 0) is 135 Å². The number of halogens is 1. The molecule has 24 nitrogen and oxygen atoms in total. The van der Waals surface area contributed by atoms with Crippen LogP contribution in [0.1, 0.15) is 36.0 Å². The molecule has 7 aromatic rings. The van der Waals surface area contributed by atoms with Gasteiger partial charge in [0.2, 0.25) is 6.79 Å². The van der Waals surface area contributed by atoms with Crippen LogP contribution < -0.4 is 36.6 Å². The number of allylic oxidation sites excluding steroid dienone is 3. The number of carbonyl (C=O) groups is 3. The lowest BCUT2D eigenvalue weighted by molar-refractivity contribution is -0.130. The summed E-state index contributed by atoms with van der Waals surface area (Å²) in [6.45, 7) is 0.588. The second-order valence-electron chi connectivity index (χ2n) is 19.4. The molecule has 3 N–H and O–H groups in total. The molecule has 0 saturated carbocycles. The lowest BCUT2D eigenvalue weighted by Crippen LogP contribution is -2.33. The molecule has 0 radical (unpaired) electrons. The highest BCUT2D eigenvalue weighted by atomic mass is 32.3. The highest BCUT2D eigenvalue weighted by Crippen LogP contribution is 2.44. The van der Waals surface area contributed by atoms with Gasteiger partial charge in [-0.3, -0.25) is 14.4 Å². The van der Waals surface area contributed by atoms with Crippen molar-refractivity contribution in [2.45, 2.75) is 61.2 Å². The fourth-order valence-corrected chi connectivity index (χ4v) is 23.0. The summed E-state index contributed by atoms with van der Waals surface area (Å²) in [6.07, 6.45) is 7.23. The Morgan fingerprint density at radius 2 is 0.943 bits per heavy atom. The van der Waals surface area contributed by atoms with E-state index >= 15 is 0 Å². The molecule has 5 heterocycles. The first kappa shape index (κ1) is 59.7. The minimum atomic E-state index is -4.39. The van der Waals surface area contributed by atoms with Crippen LogP contribution in [0.2, 0.25) is 0 Å². The van der Waals surface area contributed by atoms with E-state index in [9.17, 15) is 69.3 Å². The van der Waals surface area contributed by atoms with Crippen molar-refractivity contribution in [3.8, 4) is 11.5 Å². The van der Waals surface area contributed by atoms with E-state index in [0.717, 1.165) is 31.0 Å². The fraction of sp³-hybridized carbons (Fsp3) is 0.125. The summed E-state index contributed by atoms with van der Waals surface area (Å²) in [6, 6.07) is 35.0. The van der Waals surface area contributed by atoms with Crippen molar-refractivity contribution < 1.29 is 83.5 Å². The molecule has 0 aromatic heterocycles. The lowest BCUT2D eigenvalue weighted by Gasteiger charge is -2.22. The zero-order valence-corrected chi connectivity index (χ0v) is 49.5. The first-order chi connectivity index (χ1) is 41.3. The molecule has 5 aliphatic heterocycles. The summed E-state index contributed by atoms with van der Waals surface area (Å²) in [5.74, 6) is -1.24. The molecule has 31 heteroatoms. The molecule has 6 aliphatic rings. The van der Waals surface area contributed by atoms with Crippen molar-refractivity contribution in [3.63, 3.8) is 0 Å². The Morgan fingerprint density at radius 1 is 0.471 bits per heavy atom. The number of sulfonamides is 6. The molecular weight excluding hydrogens is 1260 g/mol. The van der Waals surface area contributed by atoms with Gasteiger partial charge in [-0.15, -0.1) is 0 Å². The van der Waals surface area contributed by atoms with Crippen LogP contribution in [0.3, 0.4) is 0 Å². The number of ether oxygens (including phenoxy) is 3. The van der Waals surface area contributed by atoms with Crippen LogP contribution in [-0.4, -0.2) is 87.7 Å². The number of nitrogens with one attached hydrogen (secondary N) is 3. The summed E-state index contributed by atoms with van der Waals surface area (Å²) in [5, 5.41) is 7.66. The van der Waals surface area contributed by atoms with Crippen molar-refractivity contribution in [3.05, 3.63) is 193 Å². The van der Waals surface area contributed by atoms with Gasteiger partial charge in [0.25, 0.3) is 77.9 Å². The second-order valence-corrected chi connectivity index (χ2v) is 30.6. The number of benzene rings is 7. The van der Waals surface area contributed by atoms with E-state index < -0.39 is 83.9 Å². The topological polar surface area (TPSA) is 330 Å². The Kier molecular flexibility index (Phi) is 15.6. The second kappa shape index (κ2) is 22.7. The Balaban J connectivity index is 0.000000135. The molecule has 450 valence electrons. The third-order valence-electron chi connectivity index (χ3n) is 13.7. The maximum Gasteiger partial charge on any atom is 0.279 e. The summed E-state index contributed by atoms with van der Waals surface area (Å²) in [7, 11) is -25.9. The van der Waals surface area contributed by atoms with Gasteiger partial charge >= 0.3 is 0 Å². The predicted molar refractivity (Wildman–Crippen MR) is 312 cm³/mol. The van der Waals surface area contributed by atoms with Crippen molar-refractivity contribution in [2.24, 2.45) is 0 Å². The lowest BCUT2D eigenvalue weighted by atomic mass is 10.1. The molecule has 0 spiro atoms. The number of nitrogens with zero attached hydrogens (tertiary/aromatic N) is 3. The largest absolute Gasteiger partial charge is 0.454 e. The summed E-state index contributed by atoms with van der Waals surface area (Å²) < 4.78 is 185. The number of rotatable bonds is 9. The molecule has 3 amide bonds. The Morgan fingerprint density at radius 3 is 1.40 bits per heavy atom. The zero-order chi connectivity index (χ0) is 61.8. The van der Waals surface area contributed by atoms with Gasteiger partial charge in [-0.25, -0.2) is 4.39 Å². The molecule has 0 bridgehead atoms. The van der Waals surface area contributed by atoms with Gasteiger partial charge in [0.1, 0.15) is 41.3 Å². The van der Waals surface area contributed by atoms with Crippen LogP contribution in [0.4, 0.5) is 38.5 Å². The number of fused-ring (bicyclic) bond motifs is 4. The fourth-order valence-electron chi connectivity index (χ4n) is 9.73. The van der Waals surface area contributed by atoms with Crippen LogP contribution in [0, 0.1) is 5.82 Å². The van der Waals surface area contributed by atoms with Gasteiger partial charge in [0.15, 0.2) is 11.5 Å². The van der Waals surface area contributed by atoms with Crippen LogP contribution in [0.25, 0.3) is 0 Å². The molecule has 1 aliphatic carbocycles. The highest BCUT2D eigenvalue weighted by Gasteiger charge is 2.50. The van der Waals surface area contributed by atoms with Crippen LogP contribution in [0.5, 0.6) is 11.5 Å². The van der Waals surface area contributed by atoms with Crippen molar-refractivity contribution >= 4 is 112 Å². The molecule has 1 saturated heterocycles. The Bertz CT molecular complexity index is 4670. The number of anilines is 6. The minimum absolute atomic E-state index is 0.0708. The first-order valence-electron chi connectivity index (χ1n) is 25.8. The van der Waals surface area contributed by atoms with Gasteiger partial charge < -0.3 is 30.2 Å². The van der Waals surface area contributed by atoms with Gasteiger partial charge in [-0.2, -0.15) is 61.6 Å². The number of hydrogen-bond donors (Lipinski definition) is 3. The zero-order valence-electron chi connectivity index (χ0n) is 44.6. The Hall–Kier alpha value is -8.98. The molecule has 1 unspecified atom stereocenters. The quantitative estimate of drug-likeness (QED) is 0.128. The van der Waals surface area contributed by atoms with E-state index in [4.69, 9.17) is 14.2 Å². The van der Waals surface area contributed by atoms with Gasteiger partial charge in [0, 0.05) is 29.1 Å². The number of hydrogen-bond acceptors (Lipinski definition) is 18. The van der Waals surface area contributed by atoms with E-state index in [1.807, 2.05) is 0 Å². The maximum absolute atomic E-state index is 14.2. The maximum atomic E-state index is 14.2. The van der Waals surface area contributed by atoms with E-state index in [-0.39, 0.29) is 79.9 Å². The average Bonchev–Trinajstić information content (AvgIpc) is 1.60. The smallest absolute Gasteiger partial charge is 0.279 e. The van der Waals surface area contributed by atoms with Gasteiger partial charge in [-0.1, -0.05) is 66.8 Å². The number of amides is 3. The van der Waals surface area contributed by atoms with E-state index in [2.05, 4.69) is 16.0 Å². The van der Waals surface area contributed by atoms with Crippen molar-refractivity contribution in [2.75, 3.05) is 40.5 Å². The molecule has 13 rings (SSSR count). The standard InChI is InChI=1S/C20H14N2O7S2.C18H13FN2O5S2.C18H18N2O6S2/c23-20(13-8-9-16-17(10-13)29-12-28-16)21-14-4-3-5-15(11-14)22-30(24,25)18-6-1-2-7-19(18)31(22,26)27;19-14-10-9-13(11-15(14)20-18(22)12-5-1-2-6-12)21-27(23,24)16-7-3-4-8-17(16)28(21,25)26;21-18(15-8-3-4-11-26-15)19-13-6-5-7-14(12-13)20-27(22,23)16-9-1-2-10-17(16)28(20,24)25/h1-11H,12H2,(H,21,23);1-5,7-11H,6H2,(H,20,22);1-2,5-7,9-10,12,15H,3-4,8,11H2,(H,19,21). The summed E-state index contributed by atoms with van der Waals surface area (Å²) >= 11 is 0. The highest BCUT2D eigenvalue weighted by molar-refractivity contribution is 8.13. The van der Waals surface area contributed by atoms with Crippen molar-refractivity contribution in [1.82, 2.24) is 0 Å². The predicted octanol–water partition coefficient (Wildman–Crippen LogP) is 7.21. The van der Waals surface area contributed by atoms with Crippen molar-refractivity contribution in [1.29, 1.82) is 0 Å². The normalized spacial score (nSPS) is 19.3. The minimum Gasteiger partial charge on any atom is -0.454 e. The van der Waals surface area contributed by atoms with E-state index in [0.29, 0.717) is 49.5 Å². The average molecular weight is 1300 g/mol. The SMILES string of the molecule is O=C(Nc1cc(N2S(=O)(=O)c3ccccc3S2(=O)=O)ccc1F)C1=CC=CC1.O=C(Nc1cccc(N2S(=O)(=O)c3ccccc3S2(=O)=O)c1)C1CCCCO1.O=C(Nc1cccc(N2S(=O)(=O)c3ccccc3S2(=O)=O)c1)c1ccc2c(c1)OCO2. The van der Waals surface area contributed by atoms with E-state index in [1.54, 1.807) is 36.4 Å². The van der Waals surface area contributed by atoms with Gasteiger partial charge in [0.05, 0.1) is 22.7 Å². The third-order valence-corrected chi connectivity index (χ3v) is 27.0. The van der Waals surface area contributed by atoms with Crippen LogP contribution >= 0.6 is 0 Å². The van der Waals surface area contributed by atoms with Crippen LogP contribution in [0.15, 0.2) is 211 Å². The third kappa shape index (κ3) is 10.9. The number of carbonyl (C=O) groups excluding carboxylic acids is 3. The molecule has 7 aromatic carbocycles. The van der Waals surface area contributed by atoms with E-state index in [1.165, 1.54) is 121 Å². The first-order valence-corrected chi connectivity index (χ1v) is 34.5. The molecular formula is C56H45FN6O18S6. The summed E-state index contributed by atoms with van der Waals surface area (Å²) in [5.41, 5.74) is 0.406.